The molecule has 0 spiro atoms. The first-order valence-corrected chi connectivity index (χ1v) is 11.5. The summed E-state index contributed by atoms with van der Waals surface area (Å²) < 4.78 is 10.8. The molecular weight excluding hydrogens is 451 g/mol. The summed E-state index contributed by atoms with van der Waals surface area (Å²) in [4.78, 5) is 27.8. The summed E-state index contributed by atoms with van der Waals surface area (Å²) in [6.07, 6.45) is 1.28. The lowest BCUT2D eigenvalue weighted by molar-refractivity contribution is -0.141. The Morgan fingerprint density at radius 2 is 1.75 bits per heavy atom. The fraction of sp³-hybridized carbons (Fsp3) is 0.417. The van der Waals surface area contributed by atoms with Gasteiger partial charge in [0, 0.05) is 19.0 Å². The zero-order valence-corrected chi connectivity index (χ0v) is 20.0. The molecule has 2 aromatic carbocycles. The number of nitrogens with one attached hydrogen (secondary N) is 1. The van der Waals surface area contributed by atoms with Crippen LogP contribution in [-0.4, -0.2) is 35.6 Å². The molecule has 32 heavy (non-hydrogen) atoms. The van der Waals surface area contributed by atoms with Gasteiger partial charge in [-0.3, -0.25) is 9.59 Å². The Bertz CT molecular complexity index is 980. The van der Waals surface area contributed by atoms with Gasteiger partial charge in [0.05, 0.1) is 10.0 Å². The van der Waals surface area contributed by atoms with Gasteiger partial charge in [0.15, 0.2) is 11.5 Å². The summed E-state index contributed by atoms with van der Waals surface area (Å²) in [5.41, 5.74) is 1.78. The number of halogens is 2. The number of amides is 2. The van der Waals surface area contributed by atoms with Gasteiger partial charge in [-0.15, -0.1) is 0 Å². The van der Waals surface area contributed by atoms with E-state index in [0.29, 0.717) is 34.4 Å². The Kier molecular flexibility index (Phi) is 8.26. The SMILES string of the molecule is CC[C@H](C(=O)NC(C)C)N(Cc1ccc(Cl)c(Cl)c1)C(=O)CCc1ccc2c(c1)OCO2. The summed E-state index contributed by atoms with van der Waals surface area (Å²) in [5.74, 6) is 1.11. The number of carbonyl (C=O) groups is 2. The number of hydrogen-bond acceptors (Lipinski definition) is 4. The first-order chi connectivity index (χ1) is 15.3. The van der Waals surface area contributed by atoms with Crippen LogP contribution in [0.4, 0.5) is 0 Å². The maximum absolute atomic E-state index is 13.3. The molecule has 0 bridgehead atoms. The Morgan fingerprint density at radius 1 is 1.03 bits per heavy atom. The second-order valence-electron chi connectivity index (χ2n) is 8.05. The molecule has 172 valence electrons. The van der Waals surface area contributed by atoms with E-state index in [2.05, 4.69) is 5.32 Å². The van der Waals surface area contributed by atoms with Crippen LogP contribution in [0.5, 0.6) is 11.5 Å². The second-order valence-corrected chi connectivity index (χ2v) is 8.86. The van der Waals surface area contributed by atoms with Crippen molar-refractivity contribution < 1.29 is 19.1 Å². The van der Waals surface area contributed by atoms with Crippen molar-refractivity contribution in [1.29, 1.82) is 0 Å². The van der Waals surface area contributed by atoms with Crippen LogP contribution in [0.25, 0.3) is 0 Å². The van der Waals surface area contributed by atoms with Crippen LogP contribution < -0.4 is 14.8 Å². The molecule has 8 heteroatoms. The van der Waals surface area contributed by atoms with Crippen molar-refractivity contribution in [3.8, 4) is 11.5 Å². The minimum atomic E-state index is -0.587. The van der Waals surface area contributed by atoms with Crippen LogP contribution in [0.2, 0.25) is 10.0 Å². The molecule has 0 radical (unpaired) electrons. The molecule has 2 amide bonds. The van der Waals surface area contributed by atoms with Gasteiger partial charge in [0.1, 0.15) is 6.04 Å². The third kappa shape index (κ3) is 6.08. The predicted molar refractivity (Wildman–Crippen MR) is 125 cm³/mol. The van der Waals surface area contributed by atoms with E-state index in [1.54, 1.807) is 17.0 Å². The van der Waals surface area contributed by atoms with Crippen molar-refractivity contribution in [3.05, 3.63) is 57.6 Å². The third-order valence-corrected chi connectivity index (χ3v) is 5.96. The Hall–Kier alpha value is -2.44. The fourth-order valence-electron chi connectivity index (χ4n) is 3.63. The minimum absolute atomic E-state index is 0.0212. The molecule has 0 aromatic heterocycles. The van der Waals surface area contributed by atoms with Gasteiger partial charge in [-0.25, -0.2) is 0 Å². The normalized spacial score (nSPS) is 13.2. The summed E-state index contributed by atoms with van der Waals surface area (Å²) in [6.45, 7) is 6.17. The lowest BCUT2D eigenvalue weighted by atomic mass is 10.1. The van der Waals surface area contributed by atoms with Crippen molar-refractivity contribution in [2.45, 2.75) is 58.7 Å². The molecule has 1 aliphatic heterocycles. The smallest absolute Gasteiger partial charge is 0.243 e. The fourth-order valence-corrected chi connectivity index (χ4v) is 3.95. The Morgan fingerprint density at radius 3 is 2.44 bits per heavy atom. The van der Waals surface area contributed by atoms with E-state index in [-0.39, 0.29) is 37.6 Å². The van der Waals surface area contributed by atoms with E-state index in [1.807, 2.05) is 45.0 Å². The van der Waals surface area contributed by atoms with Crippen molar-refractivity contribution in [1.82, 2.24) is 10.2 Å². The van der Waals surface area contributed by atoms with Crippen LogP contribution >= 0.6 is 23.2 Å². The number of nitrogens with zero attached hydrogens (tertiary/aromatic N) is 1. The average Bonchev–Trinajstić information content (AvgIpc) is 3.21. The highest BCUT2D eigenvalue weighted by Crippen LogP contribution is 2.33. The van der Waals surface area contributed by atoms with Crippen molar-refractivity contribution in [2.24, 2.45) is 0 Å². The van der Waals surface area contributed by atoms with Crippen LogP contribution in [0.3, 0.4) is 0 Å². The molecule has 1 N–H and O–H groups in total. The third-order valence-electron chi connectivity index (χ3n) is 5.22. The van der Waals surface area contributed by atoms with Crippen LogP contribution in [-0.2, 0) is 22.6 Å². The maximum atomic E-state index is 13.3. The minimum Gasteiger partial charge on any atom is -0.454 e. The van der Waals surface area contributed by atoms with Gasteiger partial charge in [0.2, 0.25) is 18.6 Å². The average molecular weight is 479 g/mol. The molecule has 3 rings (SSSR count). The maximum Gasteiger partial charge on any atom is 0.243 e. The van der Waals surface area contributed by atoms with E-state index in [1.165, 1.54) is 0 Å². The van der Waals surface area contributed by atoms with Gasteiger partial charge in [-0.1, -0.05) is 42.3 Å². The summed E-state index contributed by atoms with van der Waals surface area (Å²) in [5, 5.41) is 3.79. The second kappa shape index (κ2) is 10.9. The molecule has 0 aliphatic carbocycles. The van der Waals surface area contributed by atoms with E-state index in [4.69, 9.17) is 32.7 Å². The highest BCUT2D eigenvalue weighted by molar-refractivity contribution is 6.42. The van der Waals surface area contributed by atoms with Crippen molar-refractivity contribution in [2.75, 3.05) is 6.79 Å². The number of hydrogen-bond donors (Lipinski definition) is 1. The lowest BCUT2D eigenvalue weighted by Crippen LogP contribution is -2.50. The van der Waals surface area contributed by atoms with Crippen LogP contribution in [0, 0.1) is 0 Å². The van der Waals surface area contributed by atoms with E-state index < -0.39 is 6.04 Å². The predicted octanol–water partition coefficient (Wildman–Crippen LogP) is 4.99. The van der Waals surface area contributed by atoms with Gasteiger partial charge >= 0.3 is 0 Å². The molecule has 1 atom stereocenters. The number of rotatable bonds is 9. The number of benzene rings is 2. The number of carbonyl (C=O) groups excluding carboxylic acids is 2. The molecule has 0 fully saturated rings. The van der Waals surface area contributed by atoms with Crippen molar-refractivity contribution >= 4 is 35.0 Å². The highest BCUT2D eigenvalue weighted by atomic mass is 35.5. The number of ether oxygens (including phenoxy) is 2. The molecule has 0 saturated carbocycles. The van der Waals surface area contributed by atoms with E-state index >= 15 is 0 Å². The molecule has 0 unspecified atom stereocenters. The van der Waals surface area contributed by atoms with Gasteiger partial charge in [0.25, 0.3) is 0 Å². The number of aryl methyl sites for hydroxylation is 1. The Balaban J connectivity index is 1.78. The van der Waals surface area contributed by atoms with Crippen LogP contribution in [0.15, 0.2) is 36.4 Å². The quantitative estimate of drug-likeness (QED) is 0.551. The number of fused-ring (bicyclic) bond motifs is 1. The first-order valence-electron chi connectivity index (χ1n) is 10.7. The zero-order valence-electron chi connectivity index (χ0n) is 18.5. The molecule has 2 aromatic rings. The Labute approximate surface area is 198 Å². The summed E-state index contributed by atoms with van der Waals surface area (Å²) >= 11 is 12.2. The van der Waals surface area contributed by atoms with Gasteiger partial charge in [-0.05, 0) is 62.1 Å². The van der Waals surface area contributed by atoms with E-state index in [9.17, 15) is 9.59 Å². The topological polar surface area (TPSA) is 67.9 Å². The highest BCUT2D eigenvalue weighted by Gasteiger charge is 2.29. The molecular formula is C24H28Cl2N2O4. The van der Waals surface area contributed by atoms with Gasteiger partial charge in [-0.2, -0.15) is 0 Å². The summed E-state index contributed by atoms with van der Waals surface area (Å²) in [7, 11) is 0. The monoisotopic (exact) mass is 478 g/mol. The first kappa shape index (κ1) is 24.2. The molecule has 1 heterocycles. The van der Waals surface area contributed by atoms with Crippen molar-refractivity contribution in [3.63, 3.8) is 0 Å². The van der Waals surface area contributed by atoms with Crippen LogP contribution in [0.1, 0.15) is 44.7 Å². The standard InChI is InChI=1S/C24H28Cl2N2O4/c1-4-20(24(30)27-15(2)3)28(13-17-5-8-18(25)19(26)11-17)23(29)10-7-16-6-9-21-22(12-16)32-14-31-21/h5-6,8-9,11-12,15,20H,4,7,10,13-14H2,1-3H3,(H,27,30)/t20-/m1/s1. The molecule has 6 nitrogen and oxygen atoms in total. The largest absolute Gasteiger partial charge is 0.454 e. The lowest BCUT2D eigenvalue weighted by Gasteiger charge is -2.31. The van der Waals surface area contributed by atoms with Gasteiger partial charge < -0.3 is 19.7 Å². The molecule has 0 saturated heterocycles. The molecule has 1 aliphatic rings. The zero-order chi connectivity index (χ0) is 23.3. The summed E-state index contributed by atoms with van der Waals surface area (Å²) in [6, 6.07) is 10.3. The van der Waals surface area contributed by atoms with E-state index in [0.717, 1.165) is 11.1 Å².